The number of amides is 1. The fourth-order valence-electron chi connectivity index (χ4n) is 1.57. The number of nitrogens with one attached hydrogen (secondary N) is 2. The van der Waals surface area contributed by atoms with Gasteiger partial charge < -0.3 is 15.2 Å². The summed E-state index contributed by atoms with van der Waals surface area (Å²) in [6, 6.07) is 5.51. The molecule has 0 aromatic carbocycles. The molecule has 17 heavy (non-hydrogen) atoms. The molecule has 0 atom stereocenters. The Labute approximate surface area is 99.8 Å². The first-order valence-electron chi connectivity index (χ1n) is 5.53. The van der Waals surface area contributed by atoms with Crippen LogP contribution in [0.1, 0.15) is 10.5 Å². The minimum Gasteiger partial charge on any atom is -0.349 e. The predicted octanol–water partition coefficient (Wildman–Crippen LogP) is 0.854. The number of fused-ring (bicyclic) bond motifs is 1. The molecule has 0 spiro atoms. The standard InChI is InChI=1S/C12H16N4O/c1-16(2)7-6-14-12(17)11-8-10-9(15-11)4-3-5-13-10/h3-5,8,15H,6-7H2,1-2H3,(H,14,17). The highest BCUT2D eigenvalue weighted by atomic mass is 16.1. The van der Waals surface area contributed by atoms with Crippen LogP contribution in [0.5, 0.6) is 0 Å². The number of nitrogens with zero attached hydrogens (tertiary/aromatic N) is 2. The summed E-state index contributed by atoms with van der Waals surface area (Å²) >= 11 is 0. The maximum Gasteiger partial charge on any atom is 0.267 e. The molecule has 5 heteroatoms. The molecule has 0 aliphatic rings. The number of rotatable bonds is 4. The van der Waals surface area contributed by atoms with Crippen molar-refractivity contribution >= 4 is 16.9 Å². The third kappa shape index (κ3) is 2.82. The molecule has 0 saturated heterocycles. The second-order valence-corrected chi connectivity index (χ2v) is 4.18. The third-order valence-electron chi connectivity index (χ3n) is 2.48. The molecule has 0 fully saturated rings. The molecule has 2 N–H and O–H groups in total. The van der Waals surface area contributed by atoms with E-state index in [1.165, 1.54) is 0 Å². The van der Waals surface area contributed by atoms with E-state index in [-0.39, 0.29) is 5.91 Å². The monoisotopic (exact) mass is 232 g/mol. The van der Waals surface area contributed by atoms with Crippen molar-refractivity contribution in [3.63, 3.8) is 0 Å². The molecule has 2 aromatic heterocycles. The topological polar surface area (TPSA) is 61.0 Å². The van der Waals surface area contributed by atoms with Gasteiger partial charge in [0.1, 0.15) is 5.69 Å². The Bertz CT molecular complexity index is 485. The van der Waals surface area contributed by atoms with E-state index in [0.29, 0.717) is 12.2 Å². The molecule has 0 unspecified atom stereocenters. The zero-order valence-electron chi connectivity index (χ0n) is 10.0. The van der Waals surface area contributed by atoms with Gasteiger partial charge in [-0.2, -0.15) is 0 Å². The van der Waals surface area contributed by atoms with Crippen molar-refractivity contribution in [2.45, 2.75) is 0 Å². The number of carbonyl (C=O) groups excluding carboxylic acids is 1. The average molecular weight is 232 g/mol. The number of aromatic amines is 1. The van der Waals surface area contributed by atoms with Gasteiger partial charge in [0.05, 0.1) is 11.0 Å². The van der Waals surface area contributed by atoms with Crippen molar-refractivity contribution in [2.24, 2.45) is 0 Å². The van der Waals surface area contributed by atoms with Crippen LogP contribution in [-0.2, 0) is 0 Å². The van der Waals surface area contributed by atoms with Gasteiger partial charge in [-0.3, -0.25) is 9.78 Å². The van der Waals surface area contributed by atoms with E-state index in [4.69, 9.17) is 0 Å². The van der Waals surface area contributed by atoms with Crippen LogP contribution in [0.25, 0.3) is 11.0 Å². The van der Waals surface area contributed by atoms with Gasteiger partial charge in [0, 0.05) is 19.3 Å². The molecule has 0 bridgehead atoms. The Hall–Kier alpha value is -1.88. The van der Waals surface area contributed by atoms with Gasteiger partial charge >= 0.3 is 0 Å². The molecule has 0 saturated carbocycles. The fraction of sp³-hybridized carbons (Fsp3) is 0.333. The zero-order valence-corrected chi connectivity index (χ0v) is 10.0. The van der Waals surface area contributed by atoms with E-state index in [0.717, 1.165) is 17.6 Å². The molecular formula is C12H16N4O. The predicted molar refractivity (Wildman–Crippen MR) is 67.0 cm³/mol. The molecule has 5 nitrogen and oxygen atoms in total. The fourth-order valence-corrected chi connectivity index (χ4v) is 1.57. The molecule has 90 valence electrons. The van der Waals surface area contributed by atoms with Crippen LogP contribution in [0, 0.1) is 0 Å². The number of aromatic nitrogens is 2. The molecule has 2 heterocycles. The highest BCUT2D eigenvalue weighted by molar-refractivity contribution is 5.96. The quantitative estimate of drug-likeness (QED) is 0.821. The SMILES string of the molecule is CN(C)CCNC(=O)c1cc2ncccc2[nH]1. The Balaban J connectivity index is 2.04. The van der Waals surface area contributed by atoms with Gasteiger partial charge in [0.2, 0.25) is 0 Å². The van der Waals surface area contributed by atoms with E-state index >= 15 is 0 Å². The number of hydrogen-bond acceptors (Lipinski definition) is 3. The summed E-state index contributed by atoms with van der Waals surface area (Å²) in [5.41, 5.74) is 2.24. The van der Waals surface area contributed by atoms with Gasteiger partial charge in [-0.05, 0) is 32.3 Å². The van der Waals surface area contributed by atoms with Crippen molar-refractivity contribution in [1.82, 2.24) is 20.2 Å². The average Bonchev–Trinajstić information content (AvgIpc) is 2.71. The summed E-state index contributed by atoms with van der Waals surface area (Å²) < 4.78 is 0. The highest BCUT2D eigenvalue weighted by Gasteiger charge is 2.08. The molecule has 0 radical (unpaired) electrons. The van der Waals surface area contributed by atoms with E-state index in [9.17, 15) is 4.79 Å². The lowest BCUT2D eigenvalue weighted by molar-refractivity contribution is 0.0947. The number of likely N-dealkylation sites (N-methyl/N-ethyl adjacent to an activating group) is 1. The maximum absolute atomic E-state index is 11.8. The number of H-pyrrole nitrogens is 1. The van der Waals surface area contributed by atoms with Crippen molar-refractivity contribution in [3.05, 3.63) is 30.1 Å². The van der Waals surface area contributed by atoms with Crippen LogP contribution in [0.15, 0.2) is 24.4 Å². The van der Waals surface area contributed by atoms with E-state index in [1.807, 2.05) is 31.1 Å². The van der Waals surface area contributed by atoms with Crippen LogP contribution in [0.2, 0.25) is 0 Å². The lowest BCUT2D eigenvalue weighted by Crippen LogP contribution is -2.31. The number of pyridine rings is 1. The second-order valence-electron chi connectivity index (χ2n) is 4.18. The summed E-state index contributed by atoms with van der Waals surface area (Å²) in [5, 5.41) is 2.85. The first-order chi connectivity index (χ1) is 8.16. The van der Waals surface area contributed by atoms with Crippen LogP contribution in [0.4, 0.5) is 0 Å². The third-order valence-corrected chi connectivity index (χ3v) is 2.48. The number of carbonyl (C=O) groups is 1. The van der Waals surface area contributed by atoms with Crippen molar-refractivity contribution in [3.8, 4) is 0 Å². The van der Waals surface area contributed by atoms with E-state index in [1.54, 1.807) is 12.3 Å². The summed E-state index contributed by atoms with van der Waals surface area (Å²) in [4.78, 5) is 21.0. The highest BCUT2D eigenvalue weighted by Crippen LogP contribution is 2.11. The van der Waals surface area contributed by atoms with Crippen LogP contribution in [0.3, 0.4) is 0 Å². The molecule has 2 aromatic rings. The zero-order chi connectivity index (χ0) is 12.3. The summed E-state index contributed by atoms with van der Waals surface area (Å²) in [6.45, 7) is 1.46. The van der Waals surface area contributed by atoms with E-state index in [2.05, 4.69) is 15.3 Å². The smallest absolute Gasteiger partial charge is 0.267 e. The second kappa shape index (κ2) is 4.97. The Morgan fingerprint density at radius 2 is 2.35 bits per heavy atom. The first-order valence-corrected chi connectivity index (χ1v) is 5.53. The van der Waals surface area contributed by atoms with Crippen LogP contribution < -0.4 is 5.32 Å². The molecular weight excluding hydrogens is 216 g/mol. The normalized spacial score (nSPS) is 11.0. The summed E-state index contributed by atoms with van der Waals surface area (Å²) in [6.07, 6.45) is 1.71. The molecule has 0 aliphatic heterocycles. The van der Waals surface area contributed by atoms with Crippen molar-refractivity contribution in [2.75, 3.05) is 27.2 Å². The van der Waals surface area contributed by atoms with Gasteiger partial charge in [-0.1, -0.05) is 0 Å². The van der Waals surface area contributed by atoms with Gasteiger partial charge in [0.15, 0.2) is 0 Å². The lowest BCUT2D eigenvalue weighted by Gasteiger charge is -2.09. The van der Waals surface area contributed by atoms with Crippen LogP contribution >= 0.6 is 0 Å². The minimum absolute atomic E-state index is 0.0927. The lowest BCUT2D eigenvalue weighted by atomic mass is 10.3. The Morgan fingerprint density at radius 1 is 1.53 bits per heavy atom. The molecule has 1 amide bonds. The van der Waals surface area contributed by atoms with Gasteiger partial charge in [-0.25, -0.2) is 0 Å². The largest absolute Gasteiger partial charge is 0.349 e. The van der Waals surface area contributed by atoms with Crippen molar-refractivity contribution < 1.29 is 4.79 Å². The Kier molecular flexibility index (Phi) is 3.39. The summed E-state index contributed by atoms with van der Waals surface area (Å²) in [5.74, 6) is -0.0927. The van der Waals surface area contributed by atoms with Gasteiger partial charge in [-0.15, -0.1) is 0 Å². The van der Waals surface area contributed by atoms with Gasteiger partial charge in [0.25, 0.3) is 5.91 Å². The minimum atomic E-state index is -0.0927. The van der Waals surface area contributed by atoms with E-state index < -0.39 is 0 Å². The summed E-state index contributed by atoms with van der Waals surface area (Å²) in [7, 11) is 3.94. The molecule has 2 rings (SSSR count). The van der Waals surface area contributed by atoms with Crippen molar-refractivity contribution in [1.29, 1.82) is 0 Å². The Morgan fingerprint density at radius 3 is 3.06 bits per heavy atom. The number of hydrogen-bond donors (Lipinski definition) is 2. The first kappa shape index (κ1) is 11.6. The molecule has 0 aliphatic carbocycles. The van der Waals surface area contributed by atoms with Crippen LogP contribution in [-0.4, -0.2) is 48.0 Å². The maximum atomic E-state index is 11.8.